The number of carbonyl (C=O) groups excluding carboxylic acids is 1. The van der Waals surface area contributed by atoms with E-state index in [2.05, 4.69) is 26.0 Å². The number of esters is 1. The summed E-state index contributed by atoms with van der Waals surface area (Å²) in [5, 5.41) is 18.4. The van der Waals surface area contributed by atoms with Gasteiger partial charge >= 0.3 is 13.8 Å². The molecule has 64 heavy (non-hydrogen) atoms. The highest BCUT2D eigenvalue weighted by Gasteiger charge is 2.26. The van der Waals surface area contributed by atoms with Crippen molar-refractivity contribution >= 4 is 13.8 Å². The first-order valence-electron chi connectivity index (χ1n) is 27.7. The zero-order valence-electron chi connectivity index (χ0n) is 42.3. The molecule has 9 nitrogen and oxygen atoms in total. The molecule has 0 aliphatic heterocycles. The van der Waals surface area contributed by atoms with Crippen LogP contribution in [0.15, 0.2) is 12.2 Å². The van der Waals surface area contributed by atoms with E-state index in [1.165, 1.54) is 231 Å². The molecule has 0 saturated carbocycles. The number of aliphatic hydroxyl groups excluding tert-OH is 2. The zero-order valence-corrected chi connectivity index (χ0v) is 43.2. The Balaban J connectivity index is 3.98. The first-order valence-corrected chi connectivity index (χ1v) is 29.2. The first-order chi connectivity index (χ1) is 31.3. The Labute approximate surface area is 396 Å². The molecule has 0 saturated heterocycles. The third kappa shape index (κ3) is 50.6. The van der Waals surface area contributed by atoms with Gasteiger partial charge in [-0.1, -0.05) is 251 Å². The maximum absolute atomic E-state index is 12.7. The molecule has 0 aliphatic carbocycles. The fraction of sp³-hybridized carbons (Fsp3) is 0.944. The average Bonchev–Trinajstić information content (AvgIpc) is 3.29. The summed E-state index contributed by atoms with van der Waals surface area (Å²) in [5.41, 5.74) is 0. The third-order valence-electron chi connectivity index (χ3n) is 12.5. The number of phosphoric ester groups is 1. The van der Waals surface area contributed by atoms with Crippen LogP contribution in [0.2, 0.25) is 0 Å². The monoisotopic (exact) mass is 931 g/mol. The topological polar surface area (TPSA) is 132 Å². The van der Waals surface area contributed by atoms with Crippen molar-refractivity contribution in [3.63, 3.8) is 0 Å². The van der Waals surface area contributed by atoms with E-state index >= 15 is 0 Å². The fourth-order valence-corrected chi connectivity index (χ4v) is 9.03. The second-order valence-corrected chi connectivity index (χ2v) is 20.4. The van der Waals surface area contributed by atoms with Gasteiger partial charge in [-0.3, -0.25) is 13.8 Å². The molecule has 0 aliphatic rings. The summed E-state index contributed by atoms with van der Waals surface area (Å²) < 4.78 is 33.6. The highest BCUT2D eigenvalue weighted by molar-refractivity contribution is 7.47. The Morgan fingerprint density at radius 1 is 0.469 bits per heavy atom. The minimum absolute atomic E-state index is 0.0558. The Kier molecular flexibility index (Phi) is 50.9. The van der Waals surface area contributed by atoms with Crippen LogP contribution >= 0.6 is 7.82 Å². The lowest BCUT2D eigenvalue weighted by atomic mass is 10.0. The van der Waals surface area contributed by atoms with Crippen molar-refractivity contribution in [3.05, 3.63) is 12.2 Å². The molecule has 0 spiro atoms. The van der Waals surface area contributed by atoms with Crippen LogP contribution in [0.25, 0.3) is 0 Å². The minimum Gasteiger partial charge on any atom is -0.457 e. The van der Waals surface area contributed by atoms with Crippen LogP contribution in [0, 0.1) is 0 Å². The Morgan fingerprint density at radius 3 is 1.17 bits per heavy atom. The van der Waals surface area contributed by atoms with Gasteiger partial charge in [-0.15, -0.1) is 0 Å². The number of rotatable bonds is 54. The van der Waals surface area contributed by atoms with E-state index in [4.69, 9.17) is 23.6 Å². The summed E-state index contributed by atoms with van der Waals surface area (Å²) in [6, 6.07) is 0. The van der Waals surface area contributed by atoms with Crippen molar-refractivity contribution in [1.82, 2.24) is 0 Å². The van der Waals surface area contributed by atoms with Gasteiger partial charge in [-0.05, 0) is 38.5 Å². The second kappa shape index (κ2) is 51.6. The summed E-state index contributed by atoms with van der Waals surface area (Å²) in [4.78, 5) is 22.7. The predicted molar refractivity (Wildman–Crippen MR) is 270 cm³/mol. The molecule has 0 fully saturated rings. The average molecular weight is 931 g/mol. The molecule has 0 aromatic heterocycles. The molecule has 0 aromatic carbocycles. The number of ether oxygens (including phenoxy) is 2. The lowest BCUT2D eigenvalue weighted by Gasteiger charge is -2.20. The number of carbonyl (C=O) groups is 1. The van der Waals surface area contributed by atoms with Gasteiger partial charge in [0, 0.05) is 13.0 Å². The molecular formula is C54H107O9P. The summed E-state index contributed by atoms with van der Waals surface area (Å²) >= 11 is 0. The fourth-order valence-electron chi connectivity index (χ4n) is 8.24. The van der Waals surface area contributed by atoms with Gasteiger partial charge < -0.3 is 24.6 Å². The normalized spacial score (nSPS) is 13.8. The quantitative estimate of drug-likeness (QED) is 0.0236. The van der Waals surface area contributed by atoms with E-state index in [0.717, 1.165) is 32.1 Å². The Bertz CT molecular complexity index is 1010. The van der Waals surface area contributed by atoms with Gasteiger partial charge in [0.2, 0.25) is 0 Å². The van der Waals surface area contributed by atoms with Crippen molar-refractivity contribution < 1.29 is 43.0 Å². The van der Waals surface area contributed by atoms with Crippen molar-refractivity contribution in [2.45, 2.75) is 296 Å². The third-order valence-corrected chi connectivity index (χ3v) is 13.4. The van der Waals surface area contributed by atoms with Crippen LogP contribution in [0.3, 0.4) is 0 Å². The molecule has 0 bridgehead atoms. The summed E-state index contributed by atoms with van der Waals surface area (Å²) in [5.74, 6) is -0.374. The lowest BCUT2D eigenvalue weighted by Crippen LogP contribution is -2.29. The number of unbranched alkanes of at least 4 members (excludes halogenated alkanes) is 38. The molecule has 0 aromatic rings. The van der Waals surface area contributed by atoms with Crippen LogP contribution in [0.1, 0.15) is 284 Å². The van der Waals surface area contributed by atoms with Gasteiger partial charge in [0.05, 0.1) is 26.4 Å². The van der Waals surface area contributed by atoms with Crippen molar-refractivity contribution in [2.75, 3.05) is 33.0 Å². The molecule has 0 heterocycles. The number of allylic oxidation sites excluding steroid dienone is 2. The highest BCUT2D eigenvalue weighted by Crippen LogP contribution is 2.43. The largest absolute Gasteiger partial charge is 0.472 e. The first kappa shape index (κ1) is 63.2. The van der Waals surface area contributed by atoms with Gasteiger partial charge in [0.15, 0.2) is 0 Å². The van der Waals surface area contributed by atoms with Crippen LogP contribution in [0.4, 0.5) is 0 Å². The van der Waals surface area contributed by atoms with Crippen LogP contribution in [-0.2, 0) is 27.9 Å². The molecule has 3 unspecified atom stereocenters. The minimum atomic E-state index is -4.52. The van der Waals surface area contributed by atoms with Crippen LogP contribution < -0.4 is 0 Å². The van der Waals surface area contributed by atoms with E-state index in [1.54, 1.807) is 0 Å². The molecule has 0 amide bonds. The lowest BCUT2D eigenvalue weighted by molar-refractivity contribution is -0.154. The van der Waals surface area contributed by atoms with Crippen molar-refractivity contribution in [1.29, 1.82) is 0 Å². The molecule has 0 rings (SSSR count). The van der Waals surface area contributed by atoms with Crippen molar-refractivity contribution in [2.24, 2.45) is 0 Å². The molecule has 0 radical (unpaired) electrons. The van der Waals surface area contributed by atoms with Gasteiger partial charge in [-0.25, -0.2) is 4.57 Å². The maximum atomic E-state index is 12.7. The maximum Gasteiger partial charge on any atom is 0.472 e. The summed E-state index contributed by atoms with van der Waals surface area (Å²) in [6.07, 6.45) is 56.2. The Hall–Kier alpha value is -0.800. The van der Waals surface area contributed by atoms with Crippen molar-refractivity contribution in [3.8, 4) is 0 Å². The van der Waals surface area contributed by atoms with E-state index in [9.17, 15) is 19.4 Å². The number of phosphoric acid groups is 1. The smallest absolute Gasteiger partial charge is 0.457 e. The number of hydrogen-bond acceptors (Lipinski definition) is 8. The molecular weight excluding hydrogens is 824 g/mol. The summed E-state index contributed by atoms with van der Waals surface area (Å²) in [6.45, 7) is 3.60. The van der Waals surface area contributed by atoms with E-state index in [-0.39, 0.29) is 25.6 Å². The molecule has 382 valence electrons. The summed E-state index contributed by atoms with van der Waals surface area (Å²) in [7, 11) is -4.52. The zero-order chi connectivity index (χ0) is 46.7. The van der Waals surface area contributed by atoms with E-state index in [0.29, 0.717) is 6.61 Å². The number of hydrogen-bond donors (Lipinski definition) is 3. The van der Waals surface area contributed by atoms with Gasteiger partial charge in [0.1, 0.15) is 12.2 Å². The molecule has 3 atom stereocenters. The highest BCUT2D eigenvalue weighted by atomic mass is 31.2. The van der Waals surface area contributed by atoms with E-state index < -0.39 is 33.2 Å². The molecule has 10 heteroatoms. The number of aliphatic hydroxyl groups is 2. The van der Waals surface area contributed by atoms with Gasteiger partial charge in [-0.2, -0.15) is 0 Å². The molecule has 3 N–H and O–H groups in total. The SMILES string of the molecule is CCCCCCCCCC/C=C\CCCCCCCCCCCCCCOCC(COP(=O)(O)OCC(O)CO)OC(=O)CCCCCCCCCCCCCCCCCCCCC. The second-order valence-electron chi connectivity index (χ2n) is 19.0. The van der Waals surface area contributed by atoms with Crippen LogP contribution in [0.5, 0.6) is 0 Å². The van der Waals surface area contributed by atoms with Gasteiger partial charge in [0.25, 0.3) is 0 Å². The Morgan fingerprint density at radius 2 is 0.797 bits per heavy atom. The predicted octanol–water partition coefficient (Wildman–Crippen LogP) is 16.4. The van der Waals surface area contributed by atoms with E-state index in [1.807, 2.05) is 0 Å². The van der Waals surface area contributed by atoms with Crippen LogP contribution in [-0.4, -0.2) is 66.3 Å². The standard InChI is InChI=1S/C54H107O9P/c1-3-5-7-9-11-13-15-17-19-21-23-24-25-26-27-29-31-33-35-37-39-41-43-45-47-60-50-53(51-62-64(58,59)61-49-52(56)48-55)63-54(57)46-44-42-40-38-36-34-32-30-28-22-20-18-16-14-12-10-8-6-4-2/h21,23,52-53,55-56H,3-20,22,24-51H2,1-2H3,(H,58,59)/b23-21-.